The lowest BCUT2D eigenvalue weighted by molar-refractivity contribution is -0.120. The number of halogens is 1. The number of carbonyl (C=O) groups excluding carboxylic acids is 1. The van der Waals surface area contributed by atoms with Gasteiger partial charge < -0.3 is 5.32 Å². The van der Waals surface area contributed by atoms with Crippen LogP contribution in [0, 0.1) is 12.8 Å². The third kappa shape index (κ3) is 4.12. The Kier molecular flexibility index (Phi) is 5.90. The maximum atomic E-state index is 13.4. The zero-order valence-corrected chi connectivity index (χ0v) is 18.9. The smallest absolute Gasteiger partial charge is 0.245 e. The Morgan fingerprint density at radius 3 is 2.80 bits per heavy atom. The number of nitrogens with zero attached hydrogens (tertiary/aromatic N) is 2. The van der Waals surface area contributed by atoms with Crippen LogP contribution in [0.5, 0.6) is 0 Å². The Balaban J connectivity index is 1.55. The lowest BCUT2D eigenvalue weighted by Gasteiger charge is -2.31. The highest BCUT2D eigenvalue weighted by atomic mass is 79.9. The number of para-hydroxylation sites is 1. The highest BCUT2D eigenvalue weighted by molar-refractivity contribution is 9.10. The normalized spacial score (nSPS) is 17.7. The van der Waals surface area contributed by atoms with Gasteiger partial charge in [-0.15, -0.1) is 0 Å². The lowest BCUT2D eigenvalue weighted by atomic mass is 9.98. The van der Waals surface area contributed by atoms with E-state index in [2.05, 4.69) is 26.2 Å². The molecule has 0 spiro atoms. The maximum absolute atomic E-state index is 13.4. The first-order valence-corrected chi connectivity index (χ1v) is 12.0. The quantitative estimate of drug-likeness (QED) is 0.593. The van der Waals surface area contributed by atoms with Gasteiger partial charge in [0, 0.05) is 34.8 Å². The van der Waals surface area contributed by atoms with E-state index >= 15 is 0 Å². The number of rotatable bonds is 4. The van der Waals surface area contributed by atoms with Crippen LogP contribution in [0.2, 0.25) is 0 Å². The van der Waals surface area contributed by atoms with Crippen molar-refractivity contribution >= 4 is 48.5 Å². The number of anilines is 1. The van der Waals surface area contributed by atoms with E-state index in [4.69, 9.17) is 0 Å². The van der Waals surface area contributed by atoms with Crippen LogP contribution < -0.4 is 5.32 Å². The summed E-state index contributed by atoms with van der Waals surface area (Å²) in [5.74, 6) is -0.562. The molecule has 1 aliphatic rings. The van der Waals surface area contributed by atoms with Crippen LogP contribution in [0.3, 0.4) is 0 Å². The molecule has 1 saturated heterocycles. The van der Waals surface area contributed by atoms with Crippen LogP contribution in [0.1, 0.15) is 18.4 Å². The predicted molar refractivity (Wildman–Crippen MR) is 121 cm³/mol. The molecule has 4 rings (SSSR count). The summed E-state index contributed by atoms with van der Waals surface area (Å²) in [5.41, 5.74) is 2.18. The van der Waals surface area contributed by atoms with E-state index in [1.54, 1.807) is 24.4 Å². The van der Waals surface area contributed by atoms with E-state index in [0.29, 0.717) is 30.6 Å². The van der Waals surface area contributed by atoms with Gasteiger partial charge in [-0.2, -0.15) is 4.31 Å². The third-order valence-corrected chi connectivity index (χ3v) is 8.18. The number of fused-ring (bicyclic) bond motifs is 1. The van der Waals surface area contributed by atoms with Crippen molar-refractivity contribution in [2.24, 2.45) is 5.92 Å². The van der Waals surface area contributed by atoms with E-state index in [1.807, 2.05) is 37.3 Å². The highest BCUT2D eigenvalue weighted by Gasteiger charge is 2.34. The number of sulfonamides is 1. The second-order valence-electron chi connectivity index (χ2n) is 7.49. The van der Waals surface area contributed by atoms with E-state index in [0.717, 1.165) is 15.4 Å². The SMILES string of the molecule is Cc1cc(NC(=O)[C@H]2CCCN(S(=O)(=O)c3cccc4cccnc34)C2)ccc1Br. The molecule has 1 atom stereocenters. The fourth-order valence-electron chi connectivity index (χ4n) is 3.76. The van der Waals surface area contributed by atoms with Crippen molar-refractivity contribution < 1.29 is 13.2 Å². The second kappa shape index (κ2) is 8.45. The first kappa shape index (κ1) is 21.0. The molecule has 1 aromatic heterocycles. The van der Waals surface area contributed by atoms with Gasteiger partial charge in [0.05, 0.1) is 11.4 Å². The van der Waals surface area contributed by atoms with Gasteiger partial charge in [-0.3, -0.25) is 9.78 Å². The number of aryl methyl sites for hydroxylation is 1. The summed E-state index contributed by atoms with van der Waals surface area (Å²) in [5, 5.41) is 3.70. The van der Waals surface area contributed by atoms with Crippen molar-refractivity contribution in [3.05, 3.63) is 64.8 Å². The number of hydrogen-bond donors (Lipinski definition) is 1. The molecular weight excluding hydrogens is 466 g/mol. The van der Waals surface area contributed by atoms with Crippen LogP contribution in [0.4, 0.5) is 5.69 Å². The minimum atomic E-state index is -3.76. The van der Waals surface area contributed by atoms with Crippen LogP contribution in [0.15, 0.2) is 64.1 Å². The zero-order chi connectivity index (χ0) is 21.3. The average molecular weight is 488 g/mol. The molecule has 2 aromatic carbocycles. The number of nitrogens with one attached hydrogen (secondary N) is 1. The first-order chi connectivity index (χ1) is 14.4. The molecule has 1 fully saturated rings. The van der Waals surface area contributed by atoms with Crippen molar-refractivity contribution in [2.45, 2.75) is 24.7 Å². The number of aromatic nitrogens is 1. The van der Waals surface area contributed by atoms with Gasteiger partial charge in [0.25, 0.3) is 0 Å². The van der Waals surface area contributed by atoms with Crippen molar-refractivity contribution in [1.29, 1.82) is 0 Å². The minimum Gasteiger partial charge on any atom is -0.326 e. The Hall–Kier alpha value is -2.29. The summed E-state index contributed by atoms with van der Waals surface area (Å²) in [6, 6.07) is 14.4. The number of amides is 1. The van der Waals surface area contributed by atoms with Gasteiger partial charge in [-0.25, -0.2) is 8.42 Å². The van der Waals surface area contributed by atoms with Crippen LogP contribution >= 0.6 is 15.9 Å². The summed E-state index contributed by atoms with van der Waals surface area (Å²) < 4.78 is 29.1. The third-order valence-electron chi connectivity index (χ3n) is 5.39. The molecule has 30 heavy (non-hydrogen) atoms. The van der Waals surface area contributed by atoms with Crippen LogP contribution in [-0.2, 0) is 14.8 Å². The van der Waals surface area contributed by atoms with E-state index in [1.165, 1.54) is 4.31 Å². The fraction of sp³-hybridized carbons (Fsp3) is 0.273. The molecule has 0 saturated carbocycles. The standard InChI is InChI=1S/C22H22BrN3O3S/c1-15-13-18(9-10-19(15)23)25-22(27)17-7-4-12-26(14-17)30(28,29)20-8-2-5-16-6-3-11-24-21(16)20/h2-3,5-6,8-11,13,17H,4,7,12,14H2,1H3,(H,25,27)/t17-/m0/s1. The summed E-state index contributed by atoms with van der Waals surface area (Å²) in [6.45, 7) is 2.51. The first-order valence-electron chi connectivity index (χ1n) is 9.77. The summed E-state index contributed by atoms with van der Waals surface area (Å²) in [7, 11) is -3.76. The second-order valence-corrected chi connectivity index (χ2v) is 10.2. The number of pyridine rings is 1. The fourth-order valence-corrected chi connectivity index (χ4v) is 5.70. The monoisotopic (exact) mass is 487 g/mol. The molecule has 2 heterocycles. The lowest BCUT2D eigenvalue weighted by Crippen LogP contribution is -2.43. The van der Waals surface area contributed by atoms with Gasteiger partial charge >= 0.3 is 0 Å². The summed E-state index contributed by atoms with van der Waals surface area (Å²) in [4.78, 5) is 17.3. The largest absolute Gasteiger partial charge is 0.326 e. The van der Waals surface area contributed by atoms with Gasteiger partial charge in [0.2, 0.25) is 15.9 Å². The van der Waals surface area contributed by atoms with Gasteiger partial charge in [-0.1, -0.05) is 34.1 Å². The number of benzene rings is 2. The molecule has 1 aliphatic heterocycles. The van der Waals surface area contributed by atoms with E-state index in [9.17, 15) is 13.2 Å². The molecule has 1 N–H and O–H groups in total. The van der Waals surface area contributed by atoms with Gasteiger partial charge in [-0.05, 0) is 55.7 Å². The summed E-state index contributed by atoms with van der Waals surface area (Å²) >= 11 is 3.45. The van der Waals surface area contributed by atoms with Crippen molar-refractivity contribution in [3.8, 4) is 0 Å². The zero-order valence-electron chi connectivity index (χ0n) is 16.5. The van der Waals surface area contributed by atoms with E-state index in [-0.39, 0.29) is 17.3 Å². The van der Waals surface area contributed by atoms with Gasteiger partial charge in [0.15, 0.2) is 0 Å². The van der Waals surface area contributed by atoms with Crippen molar-refractivity contribution in [3.63, 3.8) is 0 Å². The predicted octanol–water partition coefficient (Wildman–Crippen LogP) is 4.35. The molecule has 156 valence electrons. The Bertz CT molecular complexity index is 1210. The Labute approximate surface area is 184 Å². The Morgan fingerprint density at radius 2 is 2.00 bits per heavy atom. The average Bonchev–Trinajstić information content (AvgIpc) is 2.76. The number of hydrogen-bond acceptors (Lipinski definition) is 4. The Morgan fingerprint density at radius 1 is 1.20 bits per heavy atom. The number of piperidine rings is 1. The molecule has 1 amide bonds. The highest BCUT2D eigenvalue weighted by Crippen LogP contribution is 2.28. The molecule has 6 nitrogen and oxygen atoms in total. The van der Waals surface area contributed by atoms with Crippen LogP contribution in [-0.4, -0.2) is 36.7 Å². The maximum Gasteiger partial charge on any atom is 0.245 e. The molecule has 0 bridgehead atoms. The minimum absolute atomic E-state index is 0.160. The van der Waals surface area contributed by atoms with Crippen molar-refractivity contribution in [1.82, 2.24) is 9.29 Å². The van der Waals surface area contributed by atoms with Crippen LogP contribution in [0.25, 0.3) is 10.9 Å². The molecule has 0 radical (unpaired) electrons. The topological polar surface area (TPSA) is 79.4 Å². The van der Waals surface area contributed by atoms with Crippen molar-refractivity contribution in [2.75, 3.05) is 18.4 Å². The summed E-state index contributed by atoms with van der Waals surface area (Å²) in [6.07, 6.45) is 2.88. The molecular formula is C22H22BrN3O3S. The number of carbonyl (C=O) groups is 1. The molecule has 0 unspecified atom stereocenters. The van der Waals surface area contributed by atoms with E-state index < -0.39 is 15.9 Å². The molecule has 3 aromatic rings. The van der Waals surface area contributed by atoms with Gasteiger partial charge in [0.1, 0.15) is 4.90 Å². The molecule has 0 aliphatic carbocycles. The molecule has 8 heteroatoms.